The smallest absolute Gasteiger partial charge is 0.239 e. The van der Waals surface area contributed by atoms with E-state index in [4.69, 9.17) is 45.8 Å². The molecular weight excluding hydrogens is 416 g/mol. The Morgan fingerprint density at radius 1 is 0.767 bits per heavy atom. The summed E-state index contributed by atoms with van der Waals surface area (Å²) in [5.41, 5.74) is 6.73. The minimum Gasteiger partial charge on any atom is -0.493 e. The van der Waals surface area contributed by atoms with Gasteiger partial charge < -0.3 is 39.5 Å². The van der Waals surface area contributed by atoms with Crippen LogP contribution in [0.1, 0.15) is 0 Å². The lowest BCUT2D eigenvalue weighted by molar-refractivity contribution is -0.113. The molecule has 0 saturated heterocycles. The number of nitrogen functional groups attached to an aromatic ring is 1. The zero-order valence-electron chi connectivity index (χ0n) is 17.8. The maximum absolute atomic E-state index is 11.2. The molecule has 0 radical (unpaired) electrons. The van der Waals surface area contributed by atoms with Crippen molar-refractivity contribution in [2.45, 2.75) is 0 Å². The van der Waals surface area contributed by atoms with Crippen molar-refractivity contribution in [1.82, 2.24) is 0 Å². The number of anilines is 2. The summed E-state index contributed by atoms with van der Waals surface area (Å²) in [5, 5.41) is 2.61. The van der Waals surface area contributed by atoms with Gasteiger partial charge in [-0.2, -0.15) is 0 Å². The van der Waals surface area contributed by atoms with E-state index < -0.39 is 0 Å². The molecule has 0 saturated carbocycles. The van der Waals surface area contributed by atoms with Crippen LogP contribution in [0.4, 0.5) is 11.4 Å². The van der Waals surface area contributed by atoms with Crippen molar-refractivity contribution >= 4 is 28.9 Å². The van der Waals surface area contributed by atoms with Gasteiger partial charge in [0.05, 0.1) is 42.7 Å². The number of carbonyl (C=O) groups excluding carboxylic acids is 1. The average Bonchev–Trinajstić information content (AvgIpc) is 2.77. The first-order valence-electron chi connectivity index (χ1n) is 8.60. The quantitative estimate of drug-likeness (QED) is 0.473. The molecular formula is C20H27ClN2O7. The Morgan fingerprint density at radius 3 is 1.43 bits per heavy atom. The van der Waals surface area contributed by atoms with Crippen LogP contribution in [-0.2, 0) is 4.79 Å². The molecule has 0 bridgehead atoms. The van der Waals surface area contributed by atoms with Crippen LogP contribution in [0.15, 0.2) is 24.3 Å². The highest BCUT2D eigenvalue weighted by atomic mass is 35.5. The molecule has 0 aliphatic carbocycles. The number of methoxy groups -OCH3 is 6. The minimum atomic E-state index is -0.305. The Bertz CT molecular complexity index is 796. The monoisotopic (exact) mass is 442 g/mol. The van der Waals surface area contributed by atoms with Crippen LogP contribution in [0.2, 0.25) is 0 Å². The number of hydrogen-bond donors (Lipinski definition) is 2. The highest BCUT2D eigenvalue weighted by Crippen LogP contribution is 2.40. The van der Waals surface area contributed by atoms with Crippen molar-refractivity contribution in [2.24, 2.45) is 0 Å². The standard InChI is InChI=1S/C11H14ClNO4.C9H13NO3/c1-15-8-4-7(13-10(14)6-12)5-9(16-2)11(8)17-3;1-11-7-4-6(10)5-8(12-2)9(7)13-3/h4-5H,6H2,1-3H3,(H,13,14);4-5H,10H2,1-3H3. The third-order valence-corrected chi connectivity index (χ3v) is 4.00. The van der Waals surface area contributed by atoms with Gasteiger partial charge in [-0.25, -0.2) is 0 Å². The molecule has 10 heteroatoms. The van der Waals surface area contributed by atoms with Gasteiger partial charge in [0.15, 0.2) is 23.0 Å². The Labute approximate surface area is 180 Å². The van der Waals surface area contributed by atoms with Gasteiger partial charge >= 0.3 is 0 Å². The van der Waals surface area contributed by atoms with E-state index in [-0.39, 0.29) is 11.8 Å². The molecule has 1 amide bonds. The molecule has 3 N–H and O–H groups in total. The molecule has 0 spiro atoms. The SMILES string of the molecule is COc1cc(N)cc(OC)c1OC.COc1cc(NC(=O)CCl)cc(OC)c1OC. The number of ether oxygens (including phenoxy) is 6. The maximum Gasteiger partial charge on any atom is 0.239 e. The van der Waals surface area contributed by atoms with Crippen LogP contribution in [0.25, 0.3) is 0 Å². The molecule has 166 valence electrons. The van der Waals surface area contributed by atoms with E-state index >= 15 is 0 Å². The molecule has 0 unspecified atom stereocenters. The second kappa shape index (κ2) is 12.4. The second-order valence-corrected chi connectivity index (χ2v) is 5.82. The summed E-state index contributed by atoms with van der Waals surface area (Å²) >= 11 is 5.41. The summed E-state index contributed by atoms with van der Waals surface area (Å²) in [4.78, 5) is 11.2. The van der Waals surface area contributed by atoms with Crippen LogP contribution in [0.3, 0.4) is 0 Å². The fourth-order valence-electron chi connectivity index (χ4n) is 2.45. The number of carbonyl (C=O) groups is 1. The van der Waals surface area contributed by atoms with Crippen LogP contribution in [0.5, 0.6) is 34.5 Å². The van der Waals surface area contributed by atoms with Crippen LogP contribution < -0.4 is 39.5 Å². The molecule has 2 aromatic rings. The molecule has 0 aliphatic heterocycles. The van der Waals surface area contributed by atoms with E-state index in [0.717, 1.165) is 0 Å². The number of amides is 1. The molecule has 2 rings (SSSR count). The highest BCUT2D eigenvalue weighted by Gasteiger charge is 2.14. The van der Waals surface area contributed by atoms with Crippen LogP contribution in [0, 0.1) is 0 Å². The van der Waals surface area contributed by atoms with Gasteiger partial charge in [0.25, 0.3) is 0 Å². The molecule has 0 aromatic heterocycles. The first-order valence-corrected chi connectivity index (χ1v) is 9.13. The van der Waals surface area contributed by atoms with Crippen molar-refractivity contribution in [1.29, 1.82) is 0 Å². The number of benzene rings is 2. The summed E-state index contributed by atoms with van der Waals surface area (Å²) in [6.45, 7) is 0. The average molecular weight is 443 g/mol. The van der Waals surface area contributed by atoms with Gasteiger partial charge in [-0.1, -0.05) is 0 Å². The third-order valence-electron chi connectivity index (χ3n) is 3.76. The predicted molar refractivity (Wildman–Crippen MR) is 116 cm³/mol. The number of alkyl halides is 1. The lowest BCUT2D eigenvalue weighted by Crippen LogP contribution is -2.12. The molecule has 30 heavy (non-hydrogen) atoms. The van der Waals surface area contributed by atoms with Gasteiger partial charge in [0.1, 0.15) is 5.88 Å². The molecule has 0 atom stereocenters. The van der Waals surface area contributed by atoms with Crippen molar-refractivity contribution in [3.63, 3.8) is 0 Å². The zero-order chi connectivity index (χ0) is 22.7. The predicted octanol–water partition coefficient (Wildman–Crippen LogP) is 3.18. The van der Waals surface area contributed by atoms with Gasteiger partial charge in [0, 0.05) is 35.6 Å². The number of rotatable bonds is 8. The Balaban J connectivity index is 0.000000311. The summed E-state index contributed by atoms with van der Waals surface area (Å²) in [6, 6.07) is 6.63. The number of halogens is 1. The normalized spacial score (nSPS) is 9.57. The topological polar surface area (TPSA) is 111 Å². The van der Waals surface area contributed by atoms with Crippen molar-refractivity contribution in [3.8, 4) is 34.5 Å². The Hall–Kier alpha value is -3.20. The largest absolute Gasteiger partial charge is 0.493 e. The van der Waals surface area contributed by atoms with Crippen LogP contribution in [-0.4, -0.2) is 54.4 Å². The first-order chi connectivity index (χ1) is 14.4. The molecule has 0 heterocycles. The maximum atomic E-state index is 11.2. The zero-order valence-corrected chi connectivity index (χ0v) is 18.6. The van der Waals surface area contributed by atoms with Gasteiger partial charge in [-0.3, -0.25) is 4.79 Å². The van der Waals surface area contributed by atoms with E-state index in [1.807, 2.05) is 0 Å². The fraction of sp³-hybridized carbons (Fsp3) is 0.350. The Kier molecular flexibility index (Phi) is 10.3. The van der Waals surface area contributed by atoms with E-state index in [1.54, 1.807) is 45.6 Å². The van der Waals surface area contributed by atoms with Gasteiger partial charge in [0.2, 0.25) is 17.4 Å². The highest BCUT2D eigenvalue weighted by molar-refractivity contribution is 6.29. The first kappa shape index (κ1) is 24.8. The number of hydrogen-bond acceptors (Lipinski definition) is 8. The summed E-state index contributed by atoms with van der Waals surface area (Å²) in [7, 11) is 9.18. The molecule has 9 nitrogen and oxygen atoms in total. The van der Waals surface area contributed by atoms with Crippen LogP contribution >= 0.6 is 11.6 Å². The summed E-state index contributed by atoms with van der Waals surface area (Å²) in [6.07, 6.45) is 0. The van der Waals surface area contributed by atoms with Crippen molar-refractivity contribution in [2.75, 3.05) is 59.6 Å². The van der Waals surface area contributed by atoms with Gasteiger partial charge in [-0.15, -0.1) is 11.6 Å². The van der Waals surface area contributed by atoms with E-state index in [1.165, 1.54) is 21.3 Å². The number of nitrogens with one attached hydrogen (secondary N) is 1. The molecule has 0 fully saturated rings. The minimum absolute atomic E-state index is 0.114. The fourth-order valence-corrected chi connectivity index (χ4v) is 2.52. The molecule has 2 aromatic carbocycles. The van der Waals surface area contributed by atoms with E-state index in [2.05, 4.69) is 5.32 Å². The van der Waals surface area contributed by atoms with Crippen molar-refractivity contribution in [3.05, 3.63) is 24.3 Å². The Morgan fingerprint density at radius 2 is 1.13 bits per heavy atom. The lowest BCUT2D eigenvalue weighted by atomic mass is 10.2. The summed E-state index contributed by atoms with van der Waals surface area (Å²) in [5.74, 6) is 2.68. The van der Waals surface area contributed by atoms with E-state index in [9.17, 15) is 4.79 Å². The van der Waals surface area contributed by atoms with E-state index in [0.29, 0.717) is 45.9 Å². The number of nitrogens with two attached hydrogens (primary N) is 1. The lowest BCUT2D eigenvalue weighted by Gasteiger charge is -2.14. The molecule has 0 aliphatic rings. The summed E-state index contributed by atoms with van der Waals surface area (Å²) < 4.78 is 30.7. The third kappa shape index (κ3) is 6.41. The van der Waals surface area contributed by atoms with Crippen molar-refractivity contribution < 1.29 is 33.2 Å². The second-order valence-electron chi connectivity index (χ2n) is 5.55. The van der Waals surface area contributed by atoms with Gasteiger partial charge in [-0.05, 0) is 0 Å².